The first kappa shape index (κ1) is 31.3. The Hall–Kier alpha value is -4.11. The molecule has 0 amide bonds. The molecule has 1 saturated heterocycles. The van der Waals surface area contributed by atoms with E-state index in [0.29, 0.717) is 51.3 Å². The summed E-state index contributed by atoms with van der Waals surface area (Å²) < 4.78 is 17.3. The van der Waals surface area contributed by atoms with Gasteiger partial charge in [-0.05, 0) is 60.2 Å². The van der Waals surface area contributed by atoms with Crippen LogP contribution in [0.5, 0.6) is 5.75 Å². The third-order valence-electron chi connectivity index (χ3n) is 8.24. The highest BCUT2D eigenvalue weighted by molar-refractivity contribution is 5.88. The lowest BCUT2D eigenvalue weighted by Gasteiger charge is -2.35. The molecular weight excluding hydrogens is 558 g/mol. The van der Waals surface area contributed by atoms with Crippen molar-refractivity contribution in [2.45, 2.75) is 50.9 Å². The molecule has 44 heavy (non-hydrogen) atoms. The predicted octanol–water partition coefficient (Wildman–Crippen LogP) is 5.95. The molecule has 3 aromatic carbocycles. The number of rotatable bonds is 13. The van der Waals surface area contributed by atoms with Gasteiger partial charge in [-0.25, -0.2) is 4.79 Å². The number of ketones is 1. The molecular formula is C36H39NO7. The second-order valence-electron chi connectivity index (χ2n) is 11.2. The number of morpholine rings is 1. The minimum Gasteiger partial charge on any atom is -0.478 e. The Morgan fingerprint density at radius 1 is 0.909 bits per heavy atom. The summed E-state index contributed by atoms with van der Waals surface area (Å²) in [5.41, 5.74) is 3.54. The Balaban J connectivity index is 1.13. The van der Waals surface area contributed by atoms with Gasteiger partial charge in [-0.2, -0.15) is 0 Å². The van der Waals surface area contributed by atoms with E-state index >= 15 is 0 Å². The quantitative estimate of drug-likeness (QED) is 0.112. The van der Waals surface area contributed by atoms with Gasteiger partial charge in [0, 0.05) is 31.8 Å². The van der Waals surface area contributed by atoms with E-state index in [-0.39, 0.29) is 41.8 Å². The van der Waals surface area contributed by atoms with Crippen molar-refractivity contribution >= 4 is 17.7 Å². The van der Waals surface area contributed by atoms with Gasteiger partial charge < -0.3 is 19.3 Å². The molecule has 230 valence electrons. The normalized spacial score (nSPS) is 20.6. The van der Waals surface area contributed by atoms with Gasteiger partial charge in [0.1, 0.15) is 5.75 Å². The summed E-state index contributed by atoms with van der Waals surface area (Å²) in [6, 6.07) is 24.2. The lowest BCUT2D eigenvalue weighted by molar-refractivity contribution is -0.134. The van der Waals surface area contributed by atoms with Crippen molar-refractivity contribution in [2.75, 3.05) is 26.3 Å². The molecule has 3 atom stereocenters. The molecule has 1 aliphatic heterocycles. The number of ether oxygens (including phenoxy) is 3. The number of esters is 1. The molecule has 8 nitrogen and oxygen atoms in total. The van der Waals surface area contributed by atoms with Crippen molar-refractivity contribution < 1.29 is 33.7 Å². The topological polar surface area (TPSA) is 102 Å². The number of carboxylic acids is 1. The van der Waals surface area contributed by atoms with Crippen LogP contribution in [0.1, 0.15) is 48.0 Å². The molecule has 1 N–H and O–H groups in total. The molecule has 2 fully saturated rings. The zero-order valence-electron chi connectivity index (χ0n) is 24.8. The van der Waals surface area contributed by atoms with Gasteiger partial charge in [0.25, 0.3) is 0 Å². The summed E-state index contributed by atoms with van der Waals surface area (Å²) in [6.45, 7) is 3.19. The fraction of sp³-hybridized carbons (Fsp3) is 0.361. The van der Waals surface area contributed by atoms with Crippen molar-refractivity contribution in [3.8, 4) is 16.9 Å². The van der Waals surface area contributed by atoms with Crippen LogP contribution < -0.4 is 4.74 Å². The van der Waals surface area contributed by atoms with Crippen LogP contribution in [0.25, 0.3) is 11.1 Å². The van der Waals surface area contributed by atoms with Gasteiger partial charge in [-0.15, -0.1) is 0 Å². The third kappa shape index (κ3) is 8.50. The maximum atomic E-state index is 13.3. The predicted molar refractivity (Wildman–Crippen MR) is 166 cm³/mol. The van der Waals surface area contributed by atoms with E-state index in [1.807, 2.05) is 18.2 Å². The number of allylic oxidation sites excluding steroid dienone is 2. The largest absolute Gasteiger partial charge is 0.478 e. The van der Waals surface area contributed by atoms with Gasteiger partial charge in [0.15, 0.2) is 5.78 Å². The first-order valence-electron chi connectivity index (χ1n) is 15.3. The van der Waals surface area contributed by atoms with Crippen LogP contribution in [0.2, 0.25) is 0 Å². The molecule has 3 aromatic rings. The van der Waals surface area contributed by atoms with Crippen LogP contribution in [-0.2, 0) is 25.7 Å². The smallest absolute Gasteiger partial charge is 0.335 e. The van der Waals surface area contributed by atoms with Crippen molar-refractivity contribution in [2.24, 2.45) is 5.92 Å². The van der Waals surface area contributed by atoms with Crippen LogP contribution >= 0.6 is 0 Å². The van der Waals surface area contributed by atoms with Crippen molar-refractivity contribution in [1.29, 1.82) is 0 Å². The Morgan fingerprint density at radius 3 is 2.32 bits per heavy atom. The van der Waals surface area contributed by atoms with Gasteiger partial charge in [-0.1, -0.05) is 66.7 Å². The van der Waals surface area contributed by atoms with Gasteiger partial charge in [0.2, 0.25) is 0 Å². The highest BCUT2D eigenvalue weighted by atomic mass is 16.5. The second-order valence-corrected chi connectivity index (χ2v) is 11.2. The highest BCUT2D eigenvalue weighted by Gasteiger charge is 2.45. The molecule has 2 aliphatic rings. The summed E-state index contributed by atoms with van der Waals surface area (Å²) in [7, 11) is 0. The number of carbonyl (C=O) groups excluding carboxylic acids is 2. The van der Waals surface area contributed by atoms with E-state index in [1.165, 1.54) is 29.8 Å². The molecule has 1 heterocycles. The molecule has 5 rings (SSSR count). The molecule has 0 aromatic heterocycles. The van der Waals surface area contributed by atoms with Crippen LogP contribution in [0.4, 0.5) is 0 Å². The number of unbranched alkanes of at least 4 members (excludes halogenated alkanes) is 1. The number of carbonyl (C=O) groups is 3. The van der Waals surface area contributed by atoms with Crippen molar-refractivity contribution in [3.05, 3.63) is 102 Å². The fourth-order valence-corrected chi connectivity index (χ4v) is 5.92. The summed E-state index contributed by atoms with van der Waals surface area (Å²) in [6.07, 6.45) is 6.70. The van der Waals surface area contributed by atoms with Crippen molar-refractivity contribution in [1.82, 2.24) is 4.90 Å². The average molecular weight is 598 g/mol. The van der Waals surface area contributed by atoms with E-state index in [9.17, 15) is 14.4 Å². The number of Topliss-reactive ketones (excluding diaryl/α,β-unsaturated/α-hetero) is 1. The third-order valence-corrected chi connectivity index (χ3v) is 8.24. The lowest BCUT2D eigenvalue weighted by Crippen LogP contribution is -2.49. The Bertz CT molecular complexity index is 1410. The number of nitrogens with zero attached hydrogens (tertiary/aromatic N) is 1. The number of aromatic carboxylic acids is 1. The lowest BCUT2D eigenvalue weighted by atomic mass is 9.95. The first-order chi connectivity index (χ1) is 21.5. The van der Waals surface area contributed by atoms with Gasteiger partial charge >= 0.3 is 11.9 Å². The van der Waals surface area contributed by atoms with Crippen molar-refractivity contribution in [3.63, 3.8) is 0 Å². The van der Waals surface area contributed by atoms with E-state index in [0.717, 1.165) is 24.2 Å². The molecule has 0 spiro atoms. The van der Waals surface area contributed by atoms with E-state index in [2.05, 4.69) is 53.5 Å². The Kier molecular flexibility index (Phi) is 11.1. The van der Waals surface area contributed by atoms with E-state index < -0.39 is 5.97 Å². The molecule has 1 aliphatic carbocycles. The Morgan fingerprint density at radius 2 is 1.61 bits per heavy atom. The molecule has 8 heteroatoms. The maximum absolute atomic E-state index is 13.3. The van der Waals surface area contributed by atoms with Crippen LogP contribution in [0, 0.1) is 5.92 Å². The number of hydrogen-bond acceptors (Lipinski definition) is 7. The zero-order valence-corrected chi connectivity index (χ0v) is 24.8. The van der Waals surface area contributed by atoms with E-state index in [1.54, 1.807) is 0 Å². The fourth-order valence-electron chi connectivity index (χ4n) is 5.92. The zero-order chi connectivity index (χ0) is 30.7. The summed E-state index contributed by atoms with van der Waals surface area (Å²) in [5, 5.41) is 8.99. The Labute approximate surface area is 258 Å². The summed E-state index contributed by atoms with van der Waals surface area (Å²) >= 11 is 0. The monoisotopic (exact) mass is 597 g/mol. The minimum absolute atomic E-state index is 0.0409. The molecule has 0 bridgehead atoms. The standard InChI is InChI=1S/C36H39NO7/c38-32-24-33(43-25-26-12-14-28(15-13-26)27-8-4-3-5-9-27)31(35(32)37-20-22-42-23-21-37)10-6-1-2-7-11-34(39)44-30-18-16-29(17-19-30)36(40)41/h1,3-6,8-9,12-19,31,33,35H,2,7,10-11,20-25H2,(H,40,41)/t31-,33-,35+/m0/s1. The van der Waals surface area contributed by atoms with Crippen LogP contribution in [0.15, 0.2) is 91.0 Å². The molecule has 1 saturated carbocycles. The van der Waals surface area contributed by atoms with Crippen LogP contribution in [0.3, 0.4) is 0 Å². The number of carboxylic acid groups (broad SMARTS) is 1. The van der Waals surface area contributed by atoms with Crippen LogP contribution in [-0.4, -0.2) is 66.2 Å². The second kappa shape index (κ2) is 15.6. The number of hydrogen-bond donors (Lipinski definition) is 1. The molecule has 0 unspecified atom stereocenters. The first-order valence-corrected chi connectivity index (χ1v) is 15.3. The summed E-state index contributed by atoms with van der Waals surface area (Å²) in [5.74, 6) is -0.790. The summed E-state index contributed by atoms with van der Waals surface area (Å²) in [4.78, 5) is 38.7. The average Bonchev–Trinajstić information content (AvgIpc) is 3.37. The highest BCUT2D eigenvalue weighted by Crippen LogP contribution is 2.34. The van der Waals surface area contributed by atoms with Gasteiger partial charge in [-0.3, -0.25) is 14.5 Å². The minimum atomic E-state index is -1.03. The van der Waals surface area contributed by atoms with Gasteiger partial charge in [0.05, 0.1) is 37.5 Å². The number of benzene rings is 3. The SMILES string of the molecule is O=C(CCCC=CC[C@H]1[C@@H](OCc2ccc(-c3ccccc3)cc2)CC(=O)[C@@H]1N1CCOCC1)Oc1ccc(C(=O)O)cc1. The molecule has 0 radical (unpaired) electrons. The van der Waals surface area contributed by atoms with E-state index in [4.69, 9.17) is 19.3 Å². The maximum Gasteiger partial charge on any atom is 0.335 e.